The third-order valence-electron chi connectivity index (χ3n) is 9.18. The molecule has 0 heterocycles. The molecule has 0 aromatic carbocycles. The zero-order valence-corrected chi connectivity index (χ0v) is 16.4. The molecule has 4 saturated carbocycles. The van der Waals surface area contributed by atoms with Crippen molar-refractivity contribution in [1.82, 2.24) is 5.32 Å². The van der Waals surface area contributed by atoms with Crippen LogP contribution in [-0.2, 0) is 0 Å². The number of rotatable bonds is 2. The second-order valence-electron chi connectivity index (χ2n) is 10.6. The van der Waals surface area contributed by atoms with Crippen molar-refractivity contribution in [2.75, 3.05) is 0 Å². The van der Waals surface area contributed by atoms with Crippen LogP contribution in [0.1, 0.15) is 85.5 Å². The first-order valence-electron chi connectivity index (χ1n) is 10.8. The summed E-state index contributed by atoms with van der Waals surface area (Å²) in [6.07, 6.45) is 12.1. The largest absolute Gasteiger partial charge is 0.393 e. The van der Waals surface area contributed by atoms with Gasteiger partial charge in [-0.3, -0.25) is 0 Å². The number of hydrogen-bond donors (Lipinski definition) is 2. The molecule has 0 amide bonds. The van der Waals surface area contributed by atoms with Gasteiger partial charge >= 0.3 is 0 Å². The van der Waals surface area contributed by atoms with E-state index in [2.05, 4.69) is 33.0 Å². The normalized spacial score (nSPS) is 54.2. The van der Waals surface area contributed by atoms with E-state index < -0.39 is 0 Å². The highest BCUT2D eigenvalue weighted by Crippen LogP contribution is 2.66. The number of aliphatic hydroxyl groups excluding tert-OH is 1. The highest BCUT2D eigenvalue weighted by Gasteiger charge is 2.59. The molecular weight excluding hydrogens is 294 g/mol. The zero-order chi connectivity index (χ0) is 17.1. The highest BCUT2D eigenvalue weighted by molar-refractivity contribution is 5.09. The van der Waals surface area contributed by atoms with Gasteiger partial charge in [0.15, 0.2) is 0 Å². The molecule has 0 aliphatic heterocycles. The van der Waals surface area contributed by atoms with Crippen LogP contribution in [0.5, 0.6) is 0 Å². The Morgan fingerprint density at radius 3 is 2.33 bits per heavy atom. The Labute approximate surface area is 149 Å². The van der Waals surface area contributed by atoms with Crippen molar-refractivity contribution >= 4 is 0 Å². The molecule has 4 aliphatic carbocycles. The Morgan fingerprint density at radius 2 is 1.58 bits per heavy atom. The van der Waals surface area contributed by atoms with Crippen LogP contribution in [-0.4, -0.2) is 23.3 Å². The molecule has 0 spiro atoms. The van der Waals surface area contributed by atoms with Gasteiger partial charge in [0.05, 0.1) is 6.10 Å². The third kappa shape index (κ3) is 2.50. The van der Waals surface area contributed by atoms with Crippen LogP contribution in [0, 0.1) is 34.5 Å². The molecular formula is C22H39NO. The topological polar surface area (TPSA) is 32.3 Å². The number of aliphatic hydroxyl groups is 1. The summed E-state index contributed by atoms with van der Waals surface area (Å²) in [7, 11) is 0. The maximum Gasteiger partial charge on any atom is 0.0596 e. The van der Waals surface area contributed by atoms with E-state index in [0.717, 1.165) is 36.1 Å². The lowest BCUT2D eigenvalue weighted by Crippen LogP contribution is -2.55. The van der Waals surface area contributed by atoms with Gasteiger partial charge in [0.25, 0.3) is 0 Å². The fourth-order valence-electron chi connectivity index (χ4n) is 7.85. The average molecular weight is 334 g/mol. The summed E-state index contributed by atoms with van der Waals surface area (Å²) in [5.41, 5.74) is 0.813. The Hall–Kier alpha value is -0.0800. The van der Waals surface area contributed by atoms with Gasteiger partial charge in [-0.15, -0.1) is 0 Å². The molecule has 2 heteroatoms. The lowest BCUT2D eigenvalue weighted by atomic mass is 9.45. The first-order valence-corrected chi connectivity index (χ1v) is 10.8. The molecule has 138 valence electrons. The second-order valence-corrected chi connectivity index (χ2v) is 10.6. The number of nitrogens with one attached hydrogen (secondary N) is 1. The van der Waals surface area contributed by atoms with E-state index in [4.69, 9.17) is 0 Å². The Bertz CT molecular complexity index is 477. The Morgan fingerprint density at radius 1 is 0.875 bits per heavy atom. The maximum atomic E-state index is 10.6. The second kappa shape index (κ2) is 5.98. The zero-order valence-electron chi connectivity index (χ0n) is 16.4. The van der Waals surface area contributed by atoms with Crippen LogP contribution in [0.4, 0.5) is 0 Å². The molecule has 2 N–H and O–H groups in total. The molecule has 4 rings (SSSR count). The van der Waals surface area contributed by atoms with Gasteiger partial charge in [0.2, 0.25) is 0 Å². The molecule has 4 aliphatic rings. The minimum Gasteiger partial charge on any atom is -0.393 e. The molecule has 4 fully saturated rings. The summed E-state index contributed by atoms with van der Waals surface area (Å²) in [5, 5.41) is 14.4. The molecule has 0 aromatic rings. The summed E-state index contributed by atoms with van der Waals surface area (Å²) in [6.45, 7) is 9.63. The number of fused-ring (bicyclic) bond motifs is 5. The van der Waals surface area contributed by atoms with Crippen LogP contribution in [0.25, 0.3) is 0 Å². The van der Waals surface area contributed by atoms with E-state index in [1.807, 2.05) is 0 Å². The van der Waals surface area contributed by atoms with E-state index in [1.165, 1.54) is 51.4 Å². The summed E-state index contributed by atoms with van der Waals surface area (Å²) >= 11 is 0. The van der Waals surface area contributed by atoms with E-state index in [-0.39, 0.29) is 11.5 Å². The minimum atomic E-state index is -0.0278. The van der Waals surface area contributed by atoms with Crippen molar-refractivity contribution in [3.8, 4) is 0 Å². The highest BCUT2D eigenvalue weighted by atomic mass is 16.3. The lowest BCUT2D eigenvalue weighted by Gasteiger charge is -2.61. The fourth-order valence-corrected chi connectivity index (χ4v) is 7.85. The molecule has 24 heavy (non-hydrogen) atoms. The van der Waals surface area contributed by atoms with Crippen molar-refractivity contribution in [2.45, 2.75) is 104 Å². The molecule has 8 atom stereocenters. The average Bonchev–Trinajstić information content (AvgIpc) is 2.83. The molecule has 0 bridgehead atoms. The third-order valence-corrected chi connectivity index (χ3v) is 9.18. The Kier molecular flexibility index (Phi) is 4.32. The quantitative estimate of drug-likeness (QED) is 0.764. The van der Waals surface area contributed by atoms with Crippen molar-refractivity contribution in [2.24, 2.45) is 34.5 Å². The predicted octanol–water partition coefficient (Wildman–Crippen LogP) is 4.76. The van der Waals surface area contributed by atoms with Crippen molar-refractivity contribution < 1.29 is 5.11 Å². The van der Waals surface area contributed by atoms with Gasteiger partial charge in [0, 0.05) is 12.1 Å². The van der Waals surface area contributed by atoms with Crippen molar-refractivity contribution in [1.29, 1.82) is 0 Å². The van der Waals surface area contributed by atoms with E-state index in [9.17, 15) is 5.11 Å². The van der Waals surface area contributed by atoms with E-state index >= 15 is 0 Å². The summed E-state index contributed by atoms with van der Waals surface area (Å²) in [5.74, 6) is 3.56. The van der Waals surface area contributed by atoms with Crippen molar-refractivity contribution in [3.05, 3.63) is 0 Å². The van der Waals surface area contributed by atoms with Gasteiger partial charge < -0.3 is 10.4 Å². The Balaban J connectivity index is 1.52. The molecule has 2 nitrogen and oxygen atoms in total. The minimum absolute atomic E-state index is 0.0278. The van der Waals surface area contributed by atoms with Crippen LogP contribution in [0.15, 0.2) is 0 Å². The first-order chi connectivity index (χ1) is 11.3. The van der Waals surface area contributed by atoms with Gasteiger partial charge in [-0.2, -0.15) is 0 Å². The molecule has 0 saturated heterocycles. The summed E-state index contributed by atoms with van der Waals surface area (Å²) in [4.78, 5) is 0. The summed E-state index contributed by atoms with van der Waals surface area (Å²) < 4.78 is 0. The molecule has 0 unspecified atom stereocenters. The standard InChI is InChI=1S/C22H39NO/c1-14(2)23-16-9-11-21(3)15(13-16)5-6-17-18-7-8-20(24)22(18,4)12-10-19(17)21/h14-20,23-24H,5-13H2,1-4H3/t15-,16+,17-,18-,19-,20-,21-,22-/m0/s1. The van der Waals surface area contributed by atoms with Crippen molar-refractivity contribution in [3.63, 3.8) is 0 Å². The first kappa shape index (κ1) is 17.3. The van der Waals surface area contributed by atoms with E-state index in [1.54, 1.807) is 0 Å². The SMILES string of the molecule is CC(C)N[C@@H]1CC[C@@]2(C)[C@@H](CC[C@@H]3[C@@H]2CC[C@]2(C)[C@@H](O)CC[C@@H]32)C1. The molecule has 0 radical (unpaired) electrons. The summed E-state index contributed by atoms with van der Waals surface area (Å²) in [6, 6.07) is 1.37. The number of hydrogen-bond acceptors (Lipinski definition) is 2. The van der Waals surface area contributed by atoms with Crippen LogP contribution in [0.3, 0.4) is 0 Å². The van der Waals surface area contributed by atoms with Gasteiger partial charge in [-0.25, -0.2) is 0 Å². The fraction of sp³-hybridized carbons (Fsp3) is 1.00. The smallest absolute Gasteiger partial charge is 0.0596 e. The van der Waals surface area contributed by atoms with Gasteiger partial charge in [-0.1, -0.05) is 27.7 Å². The predicted molar refractivity (Wildman–Crippen MR) is 99.8 cm³/mol. The van der Waals surface area contributed by atoms with Gasteiger partial charge in [-0.05, 0) is 92.3 Å². The monoisotopic (exact) mass is 333 g/mol. The van der Waals surface area contributed by atoms with Crippen LogP contribution < -0.4 is 5.32 Å². The van der Waals surface area contributed by atoms with Crippen LogP contribution >= 0.6 is 0 Å². The van der Waals surface area contributed by atoms with Gasteiger partial charge in [0.1, 0.15) is 0 Å². The lowest BCUT2D eigenvalue weighted by molar-refractivity contribution is -0.124. The van der Waals surface area contributed by atoms with Crippen LogP contribution in [0.2, 0.25) is 0 Å². The molecule has 0 aromatic heterocycles. The maximum absolute atomic E-state index is 10.6. The van der Waals surface area contributed by atoms with E-state index in [0.29, 0.717) is 11.5 Å².